The van der Waals surface area contributed by atoms with Crippen molar-refractivity contribution in [2.45, 2.75) is 6.42 Å². The van der Waals surface area contributed by atoms with Crippen LogP contribution in [0.3, 0.4) is 0 Å². The summed E-state index contributed by atoms with van der Waals surface area (Å²) in [6, 6.07) is 0. The lowest BCUT2D eigenvalue weighted by molar-refractivity contribution is -0.124. The number of thioether (sulfide) groups is 1. The zero-order valence-corrected chi connectivity index (χ0v) is 8.43. The number of carbonyl (C=O) groups is 3. The number of hydrogen-bond acceptors (Lipinski definition) is 4. The summed E-state index contributed by atoms with van der Waals surface area (Å²) < 4.78 is 0. The van der Waals surface area contributed by atoms with Crippen LogP contribution < -0.4 is 16.8 Å². The van der Waals surface area contributed by atoms with E-state index in [0.717, 1.165) is 0 Å². The third-order valence-corrected chi connectivity index (χ3v) is 2.16. The highest BCUT2D eigenvalue weighted by Gasteiger charge is 2.02. The predicted octanol–water partition coefficient (Wildman–Crippen LogP) is -1.80. The molecule has 0 saturated heterocycles. The van der Waals surface area contributed by atoms with Gasteiger partial charge in [-0.1, -0.05) is 0 Å². The number of nitrogens with two attached hydrogens (primary N) is 2. The Hall–Kier alpha value is -1.24. The maximum atomic E-state index is 10.9. The highest BCUT2D eigenvalue weighted by atomic mass is 32.2. The van der Waals surface area contributed by atoms with Gasteiger partial charge in [0, 0.05) is 12.2 Å². The Balaban J connectivity index is 3.36. The monoisotopic (exact) mass is 219 g/mol. The summed E-state index contributed by atoms with van der Waals surface area (Å²) in [7, 11) is 0. The molecule has 0 bridgehead atoms. The second kappa shape index (κ2) is 7.19. The Kier molecular flexibility index (Phi) is 6.55. The fraction of sp³-hybridized carbons (Fsp3) is 0.571. The number of primary amides is 2. The first kappa shape index (κ1) is 12.8. The van der Waals surface area contributed by atoms with E-state index in [4.69, 9.17) is 11.5 Å². The Bertz CT molecular complexity index is 232. The Labute approximate surface area is 85.8 Å². The van der Waals surface area contributed by atoms with Gasteiger partial charge in [-0.3, -0.25) is 14.4 Å². The van der Waals surface area contributed by atoms with Gasteiger partial charge >= 0.3 is 0 Å². The van der Waals surface area contributed by atoms with Crippen LogP contribution in [0, 0.1) is 0 Å². The van der Waals surface area contributed by atoms with Crippen molar-refractivity contribution in [3.8, 4) is 0 Å². The van der Waals surface area contributed by atoms with Crippen LogP contribution in [0.25, 0.3) is 0 Å². The average Bonchev–Trinajstić information content (AvgIpc) is 2.08. The molecule has 0 rings (SSSR count). The molecule has 7 heteroatoms. The lowest BCUT2D eigenvalue weighted by atomic mass is 10.4. The zero-order chi connectivity index (χ0) is 11.0. The van der Waals surface area contributed by atoms with E-state index in [0.29, 0.717) is 5.75 Å². The lowest BCUT2D eigenvalue weighted by Gasteiger charge is -2.01. The minimum Gasteiger partial charge on any atom is -0.369 e. The SMILES string of the molecule is NC(=O)CNC(=O)CCSCC(N)=O. The van der Waals surface area contributed by atoms with Crippen molar-refractivity contribution in [2.24, 2.45) is 11.5 Å². The van der Waals surface area contributed by atoms with Crippen molar-refractivity contribution in [1.82, 2.24) is 5.32 Å². The summed E-state index contributed by atoms with van der Waals surface area (Å²) in [6.45, 7) is -0.153. The molecule has 0 unspecified atom stereocenters. The van der Waals surface area contributed by atoms with Gasteiger partial charge in [0.1, 0.15) is 0 Å². The number of amides is 3. The fourth-order valence-corrected chi connectivity index (χ4v) is 1.29. The summed E-state index contributed by atoms with van der Waals surface area (Å²) in [5.41, 5.74) is 9.70. The molecule has 0 aliphatic carbocycles. The Morgan fingerprint density at radius 1 is 1.14 bits per heavy atom. The second-order valence-corrected chi connectivity index (χ2v) is 3.62. The van der Waals surface area contributed by atoms with Gasteiger partial charge in [-0.2, -0.15) is 11.8 Å². The van der Waals surface area contributed by atoms with Gasteiger partial charge < -0.3 is 16.8 Å². The van der Waals surface area contributed by atoms with Gasteiger partial charge in [-0.25, -0.2) is 0 Å². The molecule has 6 nitrogen and oxygen atoms in total. The minimum absolute atomic E-state index is 0.153. The predicted molar refractivity (Wildman–Crippen MR) is 53.3 cm³/mol. The molecular weight excluding hydrogens is 206 g/mol. The van der Waals surface area contributed by atoms with E-state index in [1.165, 1.54) is 11.8 Å². The van der Waals surface area contributed by atoms with Gasteiger partial charge in [-0.05, 0) is 0 Å². The molecule has 14 heavy (non-hydrogen) atoms. The lowest BCUT2D eigenvalue weighted by Crippen LogP contribution is -2.33. The van der Waals surface area contributed by atoms with Crippen LogP contribution in [0.1, 0.15) is 6.42 Å². The van der Waals surface area contributed by atoms with E-state index in [1.54, 1.807) is 0 Å². The molecule has 0 radical (unpaired) electrons. The van der Waals surface area contributed by atoms with Crippen molar-refractivity contribution in [3.05, 3.63) is 0 Å². The maximum absolute atomic E-state index is 10.9. The molecule has 0 fully saturated rings. The molecule has 0 aromatic rings. The molecule has 0 aromatic carbocycles. The maximum Gasteiger partial charge on any atom is 0.236 e. The number of hydrogen-bond donors (Lipinski definition) is 3. The fourth-order valence-electron chi connectivity index (χ4n) is 0.612. The number of nitrogens with one attached hydrogen (secondary N) is 1. The first-order valence-corrected chi connectivity index (χ1v) is 5.09. The number of rotatable bonds is 7. The van der Waals surface area contributed by atoms with Crippen molar-refractivity contribution < 1.29 is 14.4 Å². The van der Waals surface area contributed by atoms with Gasteiger partial charge in [0.15, 0.2) is 0 Å². The van der Waals surface area contributed by atoms with Gasteiger partial charge in [0.25, 0.3) is 0 Å². The molecule has 0 aliphatic rings. The second-order valence-electron chi connectivity index (χ2n) is 2.51. The topological polar surface area (TPSA) is 115 Å². The molecule has 0 saturated carbocycles. The summed E-state index contributed by atoms with van der Waals surface area (Å²) >= 11 is 1.27. The van der Waals surface area contributed by atoms with Gasteiger partial charge in [0.2, 0.25) is 17.7 Å². The van der Waals surface area contributed by atoms with E-state index in [1.807, 2.05) is 0 Å². The molecule has 5 N–H and O–H groups in total. The first-order chi connectivity index (χ1) is 6.52. The van der Waals surface area contributed by atoms with E-state index in [9.17, 15) is 14.4 Å². The highest BCUT2D eigenvalue weighted by molar-refractivity contribution is 7.99. The standard InChI is InChI=1S/C7H13N3O3S/c8-5(11)3-10-7(13)1-2-14-4-6(9)12/h1-4H2,(H2,8,11)(H2,9,12)(H,10,13). The summed E-state index contributed by atoms with van der Waals surface area (Å²) in [5.74, 6) is -0.562. The molecular formula is C7H13N3O3S. The zero-order valence-electron chi connectivity index (χ0n) is 7.62. The van der Waals surface area contributed by atoms with Gasteiger partial charge in [-0.15, -0.1) is 0 Å². The molecule has 0 aliphatic heterocycles. The third-order valence-electron chi connectivity index (χ3n) is 1.18. The van der Waals surface area contributed by atoms with Crippen LogP contribution in [-0.4, -0.2) is 35.8 Å². The third kappa shape index (κ3) is 8.85. The summed E-state index contributed by atoms with van der Waals surface area (Å²) in [5, 5.41) is 2.33. The minimum atomic E-state index is -0.580. The number of carbonyl (C=O) groups excluding carboxylic acids is 3. The summed E-state index contributed by atoms with van der Waals surface area (Å²) in [6.07, 6.45) is 0.241. The van der Waals surface area contributed by atoms with Crippen LogP contribution >= 0.6 is 11.8 Å². The molecule has 0 atom stereocenters. The van der Waals surface area contributed by atoms with E-state index in [-0.39, 0.29) is 24.6 Å². The van der Waals surface area contributed by atoms with Crippen molar-refractivity contribution >= 4 is 29.5 Å². The molecule has 3 amide bonds. The van der Waals surface area contributed by atoms with Crippen LogP contribution in [0.2, 0.25) is 0 Å². The van der Waals surface area contributed by atoms with Crippen molar-refractivity contribution in [1.29, 1.82) is 0 Å². The van der Waals surface area contributed by atoms with Gasteiger partial charge in [0.05, 0.1) is 12.3 Å². The van der Waals surface area contributed by atoms with Crippen molar-refractivity contribution in [2.75, 3.05) is 18.1 Å². The quantitative estimate of drug-likeness (QED) is 0.438. The molecule has 0 spiro atoms. The largest absolute Gasteiger partial charge is 0.369 e. The Morgan fingerprint density at radius 3 is 2.29 bits per heavy atom. The van der Waals surface area contributed by atoms with Crippen LogP contribution in [0.5, 0.6) is 0 Å². The van der Waals surface area contributed by atoms with E-state index in [2.05, 4.69) is 5.32 Å². The smallest absolute Gasteiger partial charge is 0.236 e. The van der Waals surface area contributed by atoms with Crippen molar-refractivity contribution in [3.63, 3.8) is 0 Å². The molecule has 0 heterocycles. The van der Waals surface area contributed by atoms with E-state index >= 15 is 0 Å². The average molecular weight is 219 g/mol. The summed E-state index contributed by atoms with van der Waals surface area (Å²) in [4.78, 5) is 31.5. The first-order valence-electron chi connectivity index (χ1n) is 3.93. The van der Waals surface area contributed by atoms with Crippen LogP contribution in [0.15, 0.2) is 0 Å². The normalized spacial score (nSPS) is 9.43. The molecule has 0 aromatic heterocycles. The van der Waals surface area contributed by atoms with E-state index < -0.39 is 11.8 Å². The molecule has 80 valence electrons. The van der Waals surface area contributed by atoms with Crippen LogP contribution in [-0.2, 0) is 14.4 Å². The van der Waals surface area contributed by atoms with Crippen LogP contribution in [0.4, 0.5) is 0 Å². The highest BCUT2D eigenvalue weighted by Crippen LogP contribution is 2.00. The Morgan fingerprint density at radius 2 is 1.79 bits per heavy atom.